The summed E-state index contributed by atoms with van der Waals surface area (Å²) in [5.74, 6) is 0.200. The smallest absolute Gasteiger partial charge is 0.201 e. The summed E-state index contributed by atoms with van der Waals surface area (Å²) in [5.41, 5.74) is 2.15. The zero-order valence-electron chi connectivity index (χ0n) is 19.4. The zero-order chi connectivity index (χ0) is 22.5. The van der Waals surface area contributed by atoms with Crippen molar-refractivity contribution in [3.63, 3.8) is 0 Å². The van der Waals surface area contributed by atoms with Gasteiger partial charge in [-0.2, -0.15) is 4.39 Å². The molecule has 4 heteroatoms. The number of rotatable bonds is 7. The first-order valence-electron chi connectivity index (χ1n) is 12.4. The van der Waals surface area contributed by atoms with Crippen molar-refractivity contribution >= 4 is 0 Å². The van der Waals surface area contributed by atoms with Crippen molar-refractivity contribution in [3.05, 3.63) is 53.6 Å². The summed E-state index contributed by atoms with van der Waals surface area (Å²) in [6, 6.07) is 10.9. The van der Waals surface area contributed by atoms with Crippen molar-refractivity contribution < 1.29 is 18.3 Å². The van der Waals surface area contributed by atoms with E-state index in [1.807, 2.05) is 24.3 Å². The third kappa shape index (κ3) is 5.17. The van der Waals surface area contributed by atoms with Crippen LogP contribution in [0.2, 0.25) is 0 Å². The van der Waals surface area contributed by atoms with Gasteiger partial charge in [0.2, 0.25) is 5.82 Å². The molecule has 0 radical (unpaired) electrons. The Morgan fingerprint density at radius 2 is 1.62 bits per heavy atom. The van der Waals surface area contributed by atoms with E-state index in [4.69, 9.17) is 9.47 Å². The van der Waals surface area contributed by atoms with Crippen molar-refractivity contribution in [1.29, 1.82) is 0 Å². The van der Waals surface area contributed by atoms with Crippen LogP contribution in [0.1, 0.15) is 76.7 Å². The molecule has 1 aliphatic heterocycles. The Morgan fingerprint density at radius 1 is 0.875 bits per heavy atom. The van der Waals surface area contributed by atoms with E-state index in [1.165, 1.54) is 50.2 Å². The minimum atomic E-state index is -0.927. The predicted molar refractivity (Wildman–Crippen MR) is 125 cm³/mol. The van der Waals surface area contributed by atoms with E-state index < -0.39 is 11.6 Å². The number of ether oxygens (including phenoxy) is 2. The van der Waals surface area contributed by atoms with Gasteiger partial charge in [0.15, 0.2) is 11.6 Å². The fraction of sp³-hybridized carbons (Fsp3) is 0.571. The predicted octanol–water partition coefficient (Wildman–Crippen LogP) is 7.90. The van der Waals surface area contributed by atoms with E-state index in [2.05, 4.69) is 6.92 Å². The molecule has 1 aliphatic carbocycles. The topological polar surface area (TPSA) is 18.5 Å². The molecule has 0 amide bonds. The average Bonchev–Trinajstić information content (AvgIpc) is 2.83. The highest BCUT2D eigenvalue weighted by molar-refractivity contribution is 5.65. The molecule has 2 aliphatic rings. The van der Waals surface area contributed by atoms with E-state index >= 15 is 0 Å². The maximum Gasteiger partial charge on any atom is 0.201 e. The zero-order valence-corrected chi connectivity index (χ0v) is 19.4. The average molecular weight is 443 g/mol. The van der Waals surface area contributed by atoms with Crippen molar-refractivity contribution in [2.45, 2.75) is 77.2 Å². The molecule has 1 saturated carbocycles. The lowest BCUT2D eigenvalue weighted by molar-refractivity contribution is -0.0435. The molecule has 4 rings (SSSR count). The van der Waals surface area contributed by atoms with Crippen LogP contribution in [0.3, 0.4) is 0 Å². The Hall–Kier alpha value is -1.94. The van der Waals surface area contributed by atoms with Crippen LogP contribution < -0.4 is 4.74 Å². The van der Waals surface area contributed by atoms with Gasteiger partial charge in [-0.3, -0.25) is 0 Å². The van der Waals surface area contributed by atoms with Crippen LogP contribution >= 0.6 is 0 Å². The molecule has 32 heavy (non-hydrogen) atoms. The maximum absolute atomic E-state index is 14.5. The van der Waals surface area contributed by atoms with E-state index in [9.17, 15) is 8.78 Å². The van der Waals surface area contributed by atoms with Gasteiger partial charge >= 0.3 is 0 Å². The molecule has 174 valence electrons. The first kappa shape index (κ1) is 23.2. The lowest BCUT2D eigenvalue weighted by Gasteiger charge is -2.38. The number of halogens is 2. The molecule has 2 aromatic rings. The number of hydrogen-bond acceptors (Lipinski definition) is 2. The molecule has 0 aromatic heterocycles. The molecular weight excluding hydrogens is 406 g/mol. The second kappa shape index (κ2) is 10.8. The van der Waals surface area contributed by atoms with Gasteiger partial charge < -0.3 is 9.47 Å². The second-order valence-electron chi connectivity index (χ2n) is 9.51. The van der Waals surface area contributed by atoms with Gasteiger partial charge in [0.1, 0.15) is 0 Å². The van der Waals surface area contributed by atoms with Crippen LogP contribution in [0.5, 0.6) is 5.75 Å². The quantitative estimate of drug-likeness (QED) is 0.434. The van der Waals surface area contributed by atoms with Crippen molar-refractivity contribution in [3.8, 4) is 16.9 Å². The maximum atomic E-state index is 14.5. The minimum Gasteiger partial charge on any atom is -0.491 e. The lowest BCUT2D eigenvalue weighted by Crippen LogP contribution is -2.33. The molecule has 1 heterocycles. The molecule has 0 bridgehead atoms. The Morgan fingerprint density at radius 3 is 2.25 bits per heavy atom. The van der Waals surface area contributed by atoms with Crippen LogP contribution in [0.25, 0.3) is 11.1 Å². The third-order valence-electron chi connectivity index (χ3n) is 7.47. The van der Waals surface area contributed by atoms with Crippen LogP contribution in [0.15, 0.2) is 36.4 Å². The Labute approximate surface area is 191 Å². The second-order valence-corrected chi connectivity index (χ2v) is 9.51. The summed E-state index contributed by atoms with van der Waals surface area (Å²) in [5, 5.41) is 0. The Kier molecular flexibility index (Phi) is 7.83. The Bertz CT molecular complexity index is 864. The number of hydrogen-bond donors (Lipinski definition) is 0. The van der Waals surface area contributed by atoms with Crippen molar-refractivity contribution in [2.24, 2.45) is 11.8 Å². The van der Waals surface area contributed by atoms with Gasteiger partial charge in [0.05, 0.1) is 19.3 Å². The van der Waals surface area contributed by atoms with Crippen LogP contribution in [-0.4, -0.2) is 19.3 Å². The van der Waals surface area contributed by atoms with E-state index in [1.54, 1.807) is 13.0 Å². The molecule has 2 fully saturated rings. The molecular formula is C28H36F2O2. The summed E-state index contributed by atoms with van der Waals surface area (Å²) in [7, 11) is 0. The highest BCUT2D eigenvalue weighted by Gasteiger charge is 2.32. The molecule has 1 saturated heterocycles. The molecule has 2 atom stereocenters. The first-order valence-corrected chi connectivity index (χ1v) is 12.4. The molecule has 1 unspecified atom stereocenters. The van der Waals surface area contributed by atoms with Crippen LogP contribution in [0, 0.1) is 23.5 Å². The molecule has 2 aromatic carbocycles. The minimum absolute atomic E-state index is 0.0434. The SMILES string of the molecule is CCC[C@H]1CC[C@H](C2CC[C@@H](c3ccc(-c4ccc(OCC)c(F)c4F)cc3)CO2)CC1. The highest BCUT2D eigenvalue weighted by Crippen LogP contribution is 2.39. The van der Waals surface area contributed by atoms with E-state index in [0.29, 0.717) is 24.2 Å². The Balaban J connectivity index is 1.34. The largest absolute Gasteiger partial charge is 0.491 e. The van der Waals surface area contributed by atoms with Crippen LogP contribution in [-0.2, 0) is 4.74 Å². The standard InChI is InChI=1S/C28H36F2O2/c1-3-5-19-6-8-22(9-7-19)25-16-14-23(18-32-25)20-10-12-21(13-11-20)24-15-17-26(31-4-2)28(30)27(24)29/h10-13,15,17,19,22-23,25H,3-9,14,16,18H2,1-2H3/t19-,22-,23-,25?/m1/s1. The summed E-state index contributed by atoms with van der Waals surface area (Å²) >= 11 is 0. The fourth-order valence-electron chi connectivity index (χ4n) is 5.62. The van der Waals surface area contributed by atoms with Gasteiger partial charge in [-0.05, 0) is 67.7 Å². The van der Waals surface area contributed by atoms with Crippen molar-refractivity contribution in [1.82, 2.24) is 0 Å². The van der Waals surface area contributed by atoms with Crippen molar-refractivity contribution in [2.75, 3.05) is 13.2 Å². The first-order chi connectivity index (χ1) is 15.6. The van der Waals surface area contributed by atoms with Gasteiger partial charge in [0.25, 0.3) is 0 Å². The van der Waals surface area contributed by atoms with Gasteiger partial charge in [-0.1, -0.05) is 56.9 Å². The fourth-order valence-corrected chi connectivity index (χ4v) is 5.62. The van der Waals surface area contributed by atoms with Gasteiger partial charge in [-0.25, -0.2) is 4.39 Å². The molecule has 0 spiro atoms. The molecule has 2 nitrogen and oxygen atoms in total. The summed E-state index contributed by atoms with van der Waals surface area (Å²) in [6.45, 7) is 5.09. The summed E-state index contributed by atoms with van der Waals surface area (Å²) in [4.78, 5) is 0. The highest BCUT2D eigenvalue weighted by atomic mass is 19.2. The van der Waals surface area contributed by atoms with Gasteiger partial charge in [-0.15, -0.1) is 0 Å². The van der Waals surface area contributed by atoms with Crippen LogP contribution in [0.4, 0.5) is 8.78 Å². The van der Waals surface area contributed by atoms with Gasteiger partial charge in [0, 0.05) is 11.5 Å². The normalized spacial score (nSPS) is 26.1. The van der Waals surface area contributed by atoms with E-state index in [0.717, 1.165) is 31.3 Å². The third-order valence-corrected chi connectivity index (χ3v) is 7.47. The monoisotopic (exact) mass is 442 g/mol. The summed E-state index contributed by atoms with van der Waals surface area (Å²) in [6.07, 6.45) is 10.7. The van der Waals surface area contributed by atoms with E-state index in [-0.39, 0.29) is 11.3 Å². The molecule has 0 N–H and O–H groups in total. The lowest BCUT2D eigenvalue weighted by atomic mass is 9.75. The number of benzene rings is 2. The summed E-state index contributed by atoms with van der Waals surface area (Å²) < 4.78 is 40.3.